The summed E-state index contributed by atoms with van der Waals surface area (Å²) in [4.78, 5) is 23.9. The second kappa shape index (κ2) is 5.61. The third kappa shape index (κ3) is 3.44. The highest BCUT2D eigenvalue weighted by Crippen LogP contribution is 2.20. The molecule has 0 radical (unpaired) electrons. The first-order valence-corrected chi connectivity index (χ1v) is 6.97. The lowest BCUT2D eigenvalue weighted by Gasteiger charge is -2.07. The van der Waals surface area contributed by atoms with Crippen molar-refractivity contribution in [3.05, 3.63) is 52.9 Å². The minimum absolute atomic E-state index is 0.118. The first kappa shape index (κ1) is 13.7. The fourth-order valence-electron chi connectivity index (χ4n) is 1.86. The summed E-state index contributed by atoms with van der Waals surface area (Å²) in [5.74, 6) is -0.427. The predicted octanol–water partition coefficient (Wildman–Crippen LogP) is 3.08. The van der Waals surface area contributed by atoms with Crippen molar-refractivity contribution in [3.8, 4) is 0 Å². The minimum atomic E-state index is -0.415. The Kier molecular flexibility index (Phi) is 3.66. The number of halogens is 1. The molecule has 1 aliphatic rings. The van der Waals surface area contributed by atoms with E-state index in [0.717, 1.165) is 12.8 Å². The van der Waals surface area contributed by atoms with Gasteiger partial charge >= 0.3 is 0 Å². The van der Waals surface area contributed by atoms with E-state index >= 15 is 0 Å². The highest BCUT2D eigenvalue weighted by molar-refractivity contribution is 6.29. The molecule has 3 rings (SSSR count). The summed E-state index contributed by atoms with van der Waals surface area (Å²) >= 11 is 5.63. The number of nitrogens with one attached hydrogen (secondary N) is 2. The lowest BCUT2D eigenvalue weighted by Crippen LogP contribution is -2.25. The Balaban J connectivity index is 1.70. The van der Waals surface area contributed by atoms with Gasteiger partial charge in [0.05, 0.1) is 0 Å². The maximum Gasteiger partial charge on any atom is 0.291 e. The van der Waals surface area contributed by atoms with Gasteiger partial charge in [0.25, 0.3) is 11.8 Å². The van der Waals surface area contributed by atoms with Crippen LogP contribution >= 0.6 is 11.6 Å². The second-order valence-corrected chi connectivity index (χ2v) is 5.26. The summed E-state index contributed by atoms with van der Waals surface area (Å²) in [6.07, 6.45) is 2.06. The first-order valence-electron chi connectivity index (χ1n) is 6.59. The molecule has 1 aliphatic carbocycles. The third-order valence-corrected chi connectivity index (χ3v) is 3.30. The zero-order valence-corrected chi connectivity index (χ0v) is 11.8. The van der Waals surface area contributed by atoms with E-state index in [1.807, 2.05) is 0 Å². The molecule has 1 heterocycles. The van der Waals surface area contributed by atoms with E-state index in [0.29, 0.717) is 17.3 Å². The summed E-state index contributed by atoms with van der Waals surface area (Å²) < 4.78 is 5.03. The number of carbonyl (C=O) groups is 2. The molecule has 21 heavy (non-hydrogen) atoms. The molecule has 0 unspecified atom stereocenters. The third-order valence-electron chi connectivity index (χ3n) is 3.09. The van der Waals surface area contributed by atoms with E-state index in [1.54, 1.807) is 24.3 Å². The molecule has 0 atom stereocenters. The fraction of sp³-hybridized carbons (Fsp3) is 0.200. The van der Waals surface area contributed by atoms with Crippen LogP contribution in [0.3, 0.4) is 0 Å². The average Bonchev–Trinajstić information content (AvgIpc) is 3.17. The minimum Gasteiger partial charge on any atom is -0.440 e. The van der Waals surface area contributed by atoms with Crippen molar-refractivity contribution in [2.45, 2.75) is 18.9 Å². The number of rotatable bonds is 4. The molecule has 2 N–H and O–H groups in total. The van der Waals surface area contributed by atoms with Crippen LogP contribution in [0.25, 0.3) is 0 Å². The molecule has 2 aromatic rings. The van der Waals surface area contributed by atoms with Crippen LogP contribution < -0.4 is 10.6 Å². The monoisotopic (exact) mass is 304 g/mol. The van der Waals surface area contributed by atoms with Crippen LogP contribution in [-0.4, -0.2) is 17.9 Å². The van der Waals surface area contributed by atoms with Crippen LogP contribution in [0.2, 0.25) is 5.22 Å². The summed E-state index contributed by atoms with van der Waals surface area (Å²) in [5, 5.41) is 5.71. The molecule has 0 saturated heterocycles. The number of hydrogen-bond donors (Lipinski definition) is 2. The molecule has 6 heteroatoms. The Morgan fingerprint density at radius 1 is 1.14 bits per heavy atom. The van der Waals surface area contributed by atoms with Gasteiger partial charge in [-0.1, -0.05) is 6.07 Å². The maximum absolute atomic E-state index is 11.9. The summed E-state index contributed by atoms with van der Waals surface area (Å²) in [6.45, 7) is 0. The molecule has 108 valence electrons. The Morgan fingerprint density at radius 2 is 1.95 bits per heavy atom. The van der Waals surface area contributed by atoms with Gasteiger partial charge in [0.2, 0.25) is 0 Å². The van der Waals surface area contributed by atoms with Gasteiger partial charge in [0.15, 0.2) is 11.0 Å². The van der Waals surface area contributed by atoms with E-state index in [4.69, 9.17) is 16.0 Å². The van der Waals surface area contributed by atoms with Crippen LogP contribution in [0.5, 0.6) is 0 Å². The van der Waals surface area contributed by atoms with Gasteiger partial charge in [-0.25, -0.2) is 0 Å². The van der Waals surface area contributed by atoms with E-state index in [1.165, 1.54) is 12.1 Å². The van der Waals surface area contributed by atoms with Crippen molar-refractivity contribution >= 4 is 29.1 Å². The Hall–Kier alpha value is -2.27. The summed E-state index contributed by atoms with van der Waals surface area (Å²) in [7, 11) is 0. The smallest absolute Gasteiger partial charge is 0.291 e. The number of hydrogen-bond acceptors (Lipinski definition) is 3. The number of carbonyl (C=O) groups excluding carboxylic acids is 2. The number of benzene rings is 1. The van der Waals surface area contributed by atoms with Crippen LogP contribution in [0.15, 0.2) is 40.8 Å². The molecular weight excluding hydrogens is 292 g/mol. The van der Waals surface area contributed by atoms with Crippen LogP contribution in [-0.2, 0) is 0 Å². The zero-order valence-electron chi connectivity index (χ0n) is 11.1. The highest BCUT2D eigenvalue weighted by atomic mass is 35.5. The van der Waals surface area contributed by atoms with E-state index in [9.17, 15) is 9.59 Å². The Bertz CT molecular complexity index is 692. The number of anilines is 1. The summed E-state index contributed by atoms with van der Waals surface area (Å²) in [5.41, 5.74) is 1.04. The topological polar surface area (TPSA) is 71.3 Å². The molecule has 5 nitrogen and oxygen atoms in total. The lowest BCUT2D eigenvalue weighted by molar-refractivity contribution is 0.0949. The van der Waals surface area contributed by atoms with Crippen LogP contribution in [0, 0.1) is 0 Å². The van der Waals surface area contributed by atoms with Crippen molar-refractivity contribution in [1.82, 2.24) is 5.32 Å². The van der Waals surface area contributed by atoms with Crippen molar-refractivity contribution in [2.75, 3.05) is 5.32 Å². The van der Waals surface area contributed by atoms with Crippen LogP contribution in [0.4, 0.5) is 5.69 Å². The van der Waals surface area contributed by atoms with Crippen molar-refractivity contribution in [3.63, 3.8) is 0 Å². The van der Waals surface area contributed by atoms with E-state index in [-0.39, 0.29) is 16.9 Å². The van der Waals surface area contributed by atoms with Gasteiger partial charge in [0, 0.05) is 17.3 Å². The Morgan fingerprint density at radius 3 is 2.62 bits per heavy atom. The van der Waals surface area contributed by atoms with Gasteiger partial charge in [-0.05, 0) is 54.8 Å². The van der Waals surface area contributed by atoms with Gasteiger partial charge in [0.1, 0.15) is 0 Å². The van der Waals surface area contributed by atoms with Gasteiger partial charge in [-0.15, -0.1) is 0 Å². The van der Waals surface area contributed by atoms with Crippen molar-refractivity contribution in [2.24, 2.45) is 0 Å². The highest BCUT2D eigenvalue weighted by Gasteiger charge is 2.23. The largest absolute Gasteiger partial charge is 0.440 e. The number of amides is 2. The molecule has 2 amide bonds. The molecule has 1 fully saturated rings. The molecule has 0 spiro atoms. The molecule has 0 bridgehead atoms. The van der Waals surface area contributed by atoms with E-state index in [2.05, 4.69) is 10.6 Å². The average molecular weight is 305 g/mol. The first-order chi connectivity index (χ1) is 10.1. The van der Waals surface area contributed by atoms with Gasteiger partial charge < -0.3 is 15.1 Å². The normalized spacial score (nSPS) is 13.8. The second-order valence-electron chi connectivity index (χ2n) is 4.89. The number of furan rings is 1. The zero-order chi connectivity index (χ0) is 14.8. The van der Waals surface area contributed by atoms with Crippen molar-refractivity contribution in [1.29, 1.82) is 0 Å². The lowest BCUT2D eigenvalue weighted by atomic mass is 10.2. The predicted molar refractivity (Wildman–Crippen MR) is 78.6 cm³/mol. The van der Waals surface area contributed by atoms with Crippen LogP contribution in [0.1, 0.15) is 33.8 Å². The standard InChI is InChI=1S/C15H13ClN2O3/c16-13-7-6-12(21-13)15(20)18-11-3-1-2-9(8-11)14(19)17-10-4-5-10/h1-3,6-8,10H,4-5H2,(H,17,19)(H,18,20). The molecular formula is C15H13ClN2O3. The maximum atomic E-state index is 11.9. The molecule has 1 saturated carbocycles. The summed E-state index contributed by atoms with van der Waals surface area (Å²) in [6, 6.07) is 10.0. The molecule has 1 aromatic heterocycles. The Labute approximate surface area is 126 Å². The van der Waals surface area contributed by atoms with E-state index < -0.39 is 5.91 Å². The van der Waals surface area contributed by atoms with Gasteiger partial charge in [-0.3, -0.25) is 9.59 Å². The SMILES string of the molecule is O=C(NC1CC1)c1cccc(NC(=O)c2ccc(Cl)o2)c1. The van der Waals surface area contributed by atoms with Crippen molar-refractivity contribution < 1.29 is 14.0 Å². The quantitative estimate of drug-likeness (QED) is 0.912. The fourth-order valence-corrected chi connectivity index (χ4v) is 2.01. The molecule has 0 aliphatic heterocycles. The van der Waals surface area contributed by atoms with Gasteiger partial charge in [-0.2, -0.15) is 0 Å². The molecule has 1 aromatic carbocycles.